The van der Waals surface area contributed by atoms with Crippen LogP contribution in [0.4, 0.5) is 5.82 Å². The number of anilines is 1. The number of nitrogens with one attached hydrogen (secondary N) is 1. The number of fused-ring (bicyclic) bond motifs is 2. The number of nitrogens with two attached hydrogens (primary N) is 1. The molecule has 3 N–H and O–H groups in total. The van der Waals surface area contributed by atoms with Crippen LogP contribution in [0.1, 0.15) is 40.4 Å². The summed E-state index contributed by atoms with van der Waals surface area (Å²) in [5.74, 6) is 8.84. The molecule has 45 heavy (non-hydrogen) atoms. The van der Waals surface area contributed by atoms with Crippen LogP contribution in [-0.4, -0.2) is 71.2 Å². The number of rotatable bonds is 6. The molecular weight excluding hydrogens is 562 g/mol. The Kier molecular flexibility index (Phi) is 8.55. The Morgan fingerprint density at radius 3 is 2.60 bits per heavy atom. The molecule has 5 rings (SSSR count). The van der Waals surface area contributed by atoms with Crippen molar-refractivity contribution in [3.05, 3.63) is 104 Å². The number of benzene rings is 1. The highest BCUT2D eigenvalue weighted by Crippen LogP contribution is 2.21. The molecule has 0 bridgehead atoms. The minimum absolute atomic E-state index is 0.0412. The summed E-state index contributed by atoms with van der Waals surface area (Å²) in [7, 11) is 9.57. The lowest BCUT2D eigenvalue weighted by molar-refractivity contribution is 0.0939. The van der Waals surface area contributed by atoms with Crippen LogP contribution in [0.15, 0.2) is 75.6 Å². The molecule has 15 heteroatoms. The van der Waals surface area contributed by atoms with Crippen LogP contribution in [0.25, 0.3) is 16.6 Å². The fraction of sp³-hybridized carbons (Fsp3) is 0.133. The van der Waals surface area contributed by atoms with Crippen molar-refractivity contribution >= 4 is 59.7 Å². The van der Waals surface area contributed by atoms with Gasteiger partial charge in [0.25, 0.3) is 11.5 Å². The molecule has 0 spiro atoms. The molecule has 0 radical (unpaired) electrons. The minimum atomic E-state index is -0.700. The quantitative estimate of drug-likeness (QED) is 0.136. The van der Waals surface area contributed by atoms with Crippen LogP contribution in [0, 0.1) is 24.2 Å². The number of amides is 1. The zero-order chi connectivity index (χ0) is 32.4. The Morgan fingerprint density at radius 1 is 1.11 bits per heavy atom. The molecule has 4 aromatic heterocycles. The van der Waals surface area contributed by atoms with E-state index in [4.69, 9.17) is 17.1 Å². The first-order chi connectivity index (χ1) is 21.5. The van der Waals surface area contributed by atoms with Crippen molar-refractivity contribution in [1.29, 1.82) is 0 Å². The average Bonchev–Trinajstić information content (AvgIpc) is 3.60. The van der Waals surface area contributed by atoms with E-state index in [9.17, 15) is 9.59 Å². The second-order valence-electron chi connectivity index (χ2n) is 10.8. The average molecular weight is 591 g/mol. The van der Waals surface area contributed by atoms with E-state index < -0.39 is 11.9 Å². The fourth-order valence-electron chi connectivity index (χ4n) is 5.02. The summed E-state index contributed by atoms with van der Waals surface area (Å²) in [4.78, 5) is 37.1. The fourth-order valence-corrected chi connectivity index (χ4v) is 5.02. The van der Waals surface area contributed by atoms with Gasteiger partial charge in [-0.3, -0.25) is 18.8 Å². The zero-order valence-corrected chi connectivity index (χ0v) is 26.0. The van der Waals surface area contributed by atoms with Gasteiger partial charge in [0.05, 0.1) is 23.1 Å². The van der Waals surface area contributed by atoms with Crippen LogP contribution in [-0.2, 0) is 13.6 Å². The maximum atomic E-state index is 14.4. The molecule has 0 aliphatic rings. The van der Waals surface area contributed by atoms with Crippen molar-refractivity contribution in [3.63, 3.8) is 0 Å². The van der Waals surface area contributed by atoms with Gasteiger partial charge < -0.3 is 11.1 Å². The Labute approximate surface area is 263 Å². The van der Waals surface area contributed by atoms with Gasteiger partial charge in [-0.05, 0) is 42.6 Å². The van der Waals surface area contributed by atoms with Gasteiger partial charge >= 0.3 is 0 Å². The summed E-state index contributed by atoms with van der Waals surface area (Å²) < 4.78 is 4.68. The molecule has 5 aromatic rings. The smallest absolute Gasteiger partial charge is 0.262 e. The zero-order valence-electron chi connectivity index (χ0n) is 26.0. The van der Waals surface area contributed by atoms with Gasteiger partial charge in [-0.25, -0.2) is 14.5 Å². The Bertz CT molecular complexity index is 2230. The maximum absolute atomic E-state index is 14.4. The first kappa shape index (κ1) is 30.8. The van der Waals surface area contributed by atoms with Gasteiger partial charge in [-0.1, -0.05) is 28.9 Å². The second-order valence-corrected chi connectivity index (χ2v) is 10.8. The number of hydrogen-bond donors (Lipinski definition) is 2. The van der Waals surface area contributed by atoms with E-state index in [1.165, 1.54) is 4.52 Å². The van der Waals surface area contributed by atoms with Crippen molar-refractivity contribution in [3.8, 4) is 24.2 Å². The third-order valence-electron chi connectivity index (χ3n) is 7.92. The minimum Gasteiger partial charge on any atom is -0.381 e. The predicted octanol–water partition coefficient (Wildman–Crippen LogP) is -1.77. The number of allylic oxidation sites excluding steroid dienone is 4. The van der Waals surface area contributed by atoms with Crippen LogP contribution in [0.2, 0.25) is 0 Å². The van der Waals surface area contributed by atoms with E-state index in [2.05, 4.69) is 38.3 Å². The molecule has 0 aliphatic heterocycles. The Balaban J connectivity index is 1.66. The summed E-state index contributed by atoms with van der Waals surface area (Å²) >= 11 is 0. The van der Waals surface area contributed by atoms with Crippen molar-refractivity contribution in [2.45, 2.75) is 19.5 Å². The van der Waals surface area contributed by atoms with E-state index in [0.29, 0.717) is 33.6 Å². The number of hydrogen-bond acceptors (Lipinski definition) is 7. The van der Waals surface area contributed by atoms with Crippen molar-refractivity contribution in [1.82, 2.24) is 39.2 Å². The summed E-state index contributed by atoms with van der Waals surface area (Å²) in [6, 6.07) is 8.15. The third kappa shape index (κ3) is 5.93. The normalized spacial score (nSPS) is 12.9. The third-order valence-corrected chi connectivity index (χ3v) is 7.92. The molecule has 218 valence electrons. The summed E-state index contributed by atoms with van der Waals surface area (Å²) in [5, 5.41) is 11.7. The molecule has 1 atom stereocenters. The van der Waals surface area contributed by atoms with Crippen molar-refractivity contribution in [2.75, 3.05) is 5.73 Å². The van der Waals surface area contributed by atoms with Gasteiger partial charge in [0, 0.05) is 31.5 Å². The Morgan fingerprint density at radius 2 is 1.89 bits per heavy atom. The maximum Gasteiger partial charge on any atom is 0.262 e. The number of carbonyl (C=O) groups is 1. The number of aryl methyl sites for hydroxylation is 1. The molecule has 1 aromatic carbocycles. The topological polar surface area (TPSA) is 138 Å². The lowest BCUT2D eigenvalue weighted by atomic mass is 9.66. The summed E-state index contributed by atoms with van der Waals surface area (Å²) in [5.41, 5.74) is 11.6. The molecule has 0 saturated heterocycles. The van der Waals surface area contributed by atoms with Crippen LogP contribution < -0.4 is 16.6 Å². The van der Waals surface area contributed by atoms with Crippen LogP contribution >= 0.6 is 0 Å². The Hall–Kier alpha value is -5.68. The van der Waals surface area contributed by atoms with Crippen LogP contribution in [0.3, 0.4) is 0 Å². The molecule has 11 nitrogen and oxygen atoms in total. The molecule has 0 fully saturated rings. The van der Waals surface area contributed by atoms with Crippen molar-refractivity contribution < 1.29 is 4.79 Å². The monoisotopic (exact) mass is 591 g/mol. The summed E-state index contributed by atoms with van der Waals surface area (Å²) in [6.07, 6.45) is 10.5. The highest BCUT2D eigenvalue weighted by Gasteiger charge is 2.24. The number of nitrogens with zero attached hydrogens (tertiary/aromatic N) is 7. The van der Waals surface area contributed by atoms with E-state index in [0.717, 1.165) is 21.9 Å². The molecule has 1 unspecified atom stereocenters. The number of carbonyl (C=O) groups excluding carboxylic acids is 1. The summed E-state index contributed by atoms with van der Waals surface area (Å²) in [6.45, 7) is 1.98. The first-order valence-electron chi connectivity index (χ1n) is 14.3. The van der Waals surface area contributed by atoms with E-state index in [1.54, 1.807) is 72.1 Å². The van der Waals surface area contributed by atoms with Gasteiger partial charge in [-0.15, -0.1) is 17.0 Å². The second kappa shape index (κ2) is 12.5. The highest BCUT2D eigenvalue weighted by molar-refractivity contribution is 6.44. The first-order valence-corrected chi connectivity index (χ1v) is 14.3. The SMILES string of the molecule is B/C(C#C)=C(B)/C(B)=C(/B)Cn1c(C(C)NC(=O)c2c(N)nn3cccnc23)nc2cccc(C#Cc3ccnn3C)c2c1=O. The number of nitrogen functional groups attached to an aromatic ring is 1. The van der Waals surface area contributed by atoms with Gasteiger partial charge in [0.1, 0.15) is 48.5 Å². The molecule has 0 saturated carbocycles. The predicted molar refractivity (Wildman–Crippen MR) is 186 cm³/mol. The van der Waals surface area contributed by atoms with Gasteiger partial charge in [0.15, 0.2) is 11.5 Å². The molecule has 4 heterocycles. The molecule has 0 aliphatic carbocycles. The molecule has 1 amide bonds. The standard InChI is InChI=1S/C30H29B4N9O2/c1-4-19(31)24(33)25(34)20(32)15-42-27(16(2)38-29(44)23-26(35)40-43-14-6-12-36-28(23)43)39-21-8-5-7-17(22(21)30(42)45)9-10-18-11-13-37-41(18)3/h1,5-8,11-14,16H,15,31-34H2,2-3H3,(H2,35,40)(H,38,44)/b24-19-,25-20-. The number of terminal acetylenes is 1. The number of aromatic nitrogens is 7. The van der Waals surface area contributed by atoms with Gasteiger partial charge in [-0.2, -0.15) is 5.10 Å². The lowest BCUT2D eigenvalue weighted by Crippen LogP contribution is -2.35. The van der Waals surface area contributed by atoms with Crippen LogP contribution in [0.5, 0.6) is 0 Å². The van der Waals surface area contributed by atoms with E-state index in [-0.39, 0.29) is 23.5 Å². The highest BCUT2D eigenvalue weighted by atomic mass is 16.2. The lowest BCUT2D eigenvalue weighted by Gasteiger charge is -2.21. The van der Waals surface area contributed by atoms with Crippen molar-refractivity contribution in [2.24, 2.45) is 7.05 Å². The van der Waals surface area contributed by atoms with E-state index >= 15 is 0 Å². The van der Waals surface area contributed by atoms with E-state index in [1.807, 2.05) is 31.4 Å². The van der Waals surface area contributed by atoms with Gasteiger partial charge in [0.2, 0.25) is 0 Å². The largest absolute Gasteiger partial charge is 0.381 e. The molecular formula is C30H29B4N9O2.